The molecule has 0 amide bonds. The minimum absolute atomic E-state index is 0.209. The van der Waals surface area contributed by atoms with Crippen LogP contribution in [-0.2, 0) is 4.79 Å². The summed E-state index contributed by atoms with van der Waals surface area (Å²) in [6.45, 7) is 1.55. The van der Waals surface area contributed by atoms with Gasteiger partial charge in [0.2, 0.25) is 0 Å². The first-order chi connectivity index (χ1) is 5.08. The van der Waals surface area contributed by atoms with Crippen molar-refractivity contribution in [1.82, 2.24) is 0 Å². The van der Waals surface area contributed by atoms with Crippen molar-refractivity contribution < 1.29 is 15.0 Å². The molecule has 1 fully saturated rings. The predicted molar refractivity (Wildman–Crippen MR) is 40.1 cm³/mol. The molecule has 3 heteroatoms. The Morgan fingerprint density at radius 3 is 2.82 bits per heavy atom. The van der Waals surface area contributed by atoms with Crippen molar-refractivity contribution in [3.63, 3.8) is 0 Å². The van der Waals surface area contributed by atoms with Gasteiger partial charge in [0.1, 0.15) is 5.60 Å². The maximum absolute atomic E-state index is 11.1. The summed E-state index contributed by atoms with van der Waals surface area (Å²) in [4.78, 5) is 11.1. The average Bonchev–Trinajstić information content (AvgIpc) is 1.98. The minimum atomic E-state index is -1.42. The molecule has 2 unspecified atom stereocenters. The fourth-order valence-corrected chi connectivity index (χ4v) is 1.40. The van der Waals surface area contributed by atoms with Gasteiger partial charge in [-0.2, -0.15) is 0 Å². The topological polar surface area (TPSA) is 57.5 Å². The molecular formula is C8H14O3. The summed E-state index contributed by atoms with van der Waals surface area (Å²) in [7, 11) is 0. The van der Waals surface area contributed by atoms with Gasteiger partial charge in [0, 0.05) is 6.42 Å². The van der Waals surface area contributed by atoms with Crippen LogP contribution in [0.4, 0.5) is 0 Å². The second kappa shape index (κ2) is 2.91. The van der Waals surface area contributed by atoms with Gasteiger partial charge in [0.15, 0.2) is 5.78 Å². The lowest BCUT2D eigenvalue weighted by Crippen LogP contribution is -2.46. The predicted octanol–water partition coefficient (Wildman–Crippen LogP) is 0.0989. The van der Waals surface area contributed by atoms with E-state index in [0.717, 1.165) is 6.42 Å². The molecule has 11 heavy (non-hydrogen) atoms. The Morgan fingerprint density at radius 2 is 2.36 bits per heavy atom. The zero-order valence-electron chi connectivity index (χ0n) is 6.71. The fraction of sp³-hybridized carbons (Fsp3) is 0.875. The standard InChI is InChI=1S/C8H14O3/c1-6-2-3-8(11,5-9)7(10)4-6/h6,9,11H,2-5H2,1H3. The van der Waals surface area contributed by atoms with E-state index in [1.807, 2.05) is 6.92 Å². The summed E-state index contributed by atoms with van der Waals surface area (Å²) in [5.74, 6) is 0.146. The van der Waals surface area contributed by atoms with Gasteiger partial charge in [-0.05, 0) is 18.8 Å². The largest absolute Gasteiger partial charge is 0.393 e. The molecule has 2 atom stereocenters. The summed E-state index contributed by atoms with van der Waals surface area (Å²) in [5.41, 5.74) is -1.42. The fourth-order valence-electron chi connectivity index (χ4n) is 1.40. The van der Waals surface area contributed by atoms with E-state index in [1.54, 1.807) is 0 Å². The Labute approximate surface area is 66.0 Å². The van der Waals surface area contributed by atoms with Gasteiger partial charge >= 0.3 is 0 Å². The first kappa shape index (κ1) is 8.68. The molecule has 2 N–H and O–H groups in total. The molecule has 0 aliphatic heterocycles. The molecule has 0 aromatic heterocycles. The minimum Gasteiger partial charge on any atom is -0.393 e. The second-order valence-corrected chi connectivity index (χ2v) is 3.46. The van der Waals surface area contributed by atoms with Crippen LogP contribution in [0, 0.1) is 5.92 Å². The van der Waals surface area contributed by atoms with Gasteiger partial charge in [-0.25, -0.2) is 0 Å². The van der Waals surface area contributed by atoms with Crippen LogP contribution in [0.3, 0.4) is 0 Å². The summed E-state index contributed by atoms with van der Waals surface area (Å²) < 4.78 is 0. The van der Waals surface area contributed by atoms with E-state index in [2.05, 4.69) is 0 Å². The maximum atomic E-state index is 11.1. The van der Waals surface area contributed by atoms with Crippen LogP contribution in [-0.4, -0.2) is 28.2 Å². The number of carbonyl (C=O) groups excluding carboxylic acids is 1. The van der Waals surface area contributed by atoms with E-state index in [1.165, 1.54) is 0 Å². The number of aliphatic hydroxyl groups is 2. The average molecular weight is 158 g/mol. The highest BCUT2D eigenvalue weighted by atomic mass is 16.3. The molecule has 0 saturated heterocycles. The Morgan fingerprint density at radius 1 is 1.73 bits per heavy atom. The van der Waals surface area contributed by atoms with Crippen LogP contribution in [0.5, 0.6) is 0 Å². The molecule has 0 spiro atoms. The number of ketones is 1. The smallest absolute Gasteiger partial charge is 0.166 e. The summed E-state index contributed by atoms with van der Waals surface area (Å²) in [5, 5.41) is 18.2. The van der Waals surface area contributed by atoms with Crippen molar-refractivity contribution in [1.29, 1.82) is 0 Å². The van der Waals surface area contributed by atoms with E-state index in [9.17, 15) is 9.90 Å². The summed E-state index contributed by atoms with van der Waals surface area (Å²) >= 11 is 0. The zero-order chi connectivity index (χ0) is 8.48. The monoisotopic (exact) mass is 158 g/mol. The number of rotatable bonds is 1. The van der Waals surface area contributed by atoms with Gasteiger partial charge in [0.25, 0.3) is 0 Å². The molecule has 0 radical (unpaired) electrons. The van der Waals surface area contributed by atoms with E-state index >= 15 is 0 Å². The molecule has 0 bridgehead atoms. The highest BCUT2D eigenvalue weighted by Crippen LogP contribution is 2.28. The van der Waals surface area contributed by atoms with Crippen molar-refractivity contribution >= 4 is 5.78 Å². The second-order valence-electron chi connectivity index (χ2n) is 3.46. The van der Waals surface area contributed by atoms with Crippen molar-refractivity contribution in [2.24, 2.45) is 5.92 Å². The van der Waals surface area contributed by atoms with Gasteiger partial charge < -0.3 is 10.2 Å². The van der Waals surface area contributed by atoms with Crippen molar-refractivity contribution in [3.8, 4) is 0 Å². The molecule has 3 nitrogen and oxygen atoms in total. The van der Waals surface area contributed by atoms with Crippen LogP contribution in [0.15, 0.2) is 0 Å². The Kier molecular flexibility index (Phi) is 2.30. The van der Waals surface area contributed by atoms with Gasteiger partial charge in [-0.3, -0.25) is 4.79 Å². The van der Waals surface area contributed by atoms with Crippen LogP contribution in [0.1, 0.15) is 26.2 Å². The normalized spacial score (nSPS) is 39.2. The quantitative estimate of drug-likeness (QED) is 0.569. The molecule has 64 valence electrons. The van der Waals surface area contributed by atoms with E-state index in [4.69, 9.17) is 5.11 Å². The summed E-state index contributed by atoms with van der Waals surface area (Å²) in [6, 6.07) is 0. The van der Waals surface area contributed by atoms with Crippen LogP contribution >= 0.6 is 0 Å². The zero-order valence-corrected chi connectivity index (χ0v) is 6.71. The Balaban J connectivity index is 2.64. The first-order valence-electron chi connectivity index (χ1n) is 3.95. The van der Waals surface area contributed by atoms with Gasteiger partial charge in [-0.15, -0.1) is 0 Å². The third-order valence-corrected chi connectivity index (χ3v) is 2.37. The SMILES string of the molecule is CC1CCC(O)(CO)C(=O)C1. The lowest BCUT2D eigenvalue weighted by molar-refractivity contribution is -0.147. The Hall–Kier alpha value is -0.410. The first-order valence-corrected chi connectivity index (χ1v) is 3.95. The van der Waals surface area contributed by atoms with Gasteiger partial charge in [0.05, 0.1) is 6.61 Å². The van der Waals surface area contributed by atoms with Crippen molar-refractivity contribution in [2.45, 2.75) is 31.8 Å². The number of hydrogen-bond donors (Lipinski definition) is 2. The number of hydrogen-bond acceptors (Lipinski definition) is 3. The molecule has 1 aliphatic carbocycles. The molecule has 1 aliphatic rings. The highest BCUT2D eigenvalue weighted by Gasteiger charge is 2.38. The van der Waals surface area contributed by atoms with Gasteiger partial charge in [-0.1, -0.05) is 6.92 Å². The number of aliphatic hydroxyl groups excluding tert-OH is 1. The molecule has 1 rings (SSSR count). The molecule has 1 saturated carbocycles. The number of carbonyl (C=O) groups is 1. The highest BCUT2D eigenvalue weighted by molar-refractivity contribution is 5.88. The molecule has 0 aromatic rings. The molecule has 0 aromatic carbocycles. The van der Waals surface area contributed by atoms with E-state index < -0.39 is 12.2 Å². The lowest BCUT2D eigenvalue weighted by atomic mass is 9.79. The van der Waals surface area contributed by atoms with E-state index in [0.29, 0.717) is 18.8 Å². The lowest BCUT2D eigenvalue weighted by Gasteiger charge is -2.31. The Bertz CT molecular complexity index is 167. The summed E-state index contributed by atoms with van der Waals surface area (Å²) in [6.07, 6.45) is 1.63. The van der Waals surface area contributed by atoms with Crippen molar-refractivity contribution in [3.05, 3.63) is 0 Å². The van der Waals surface area contributed by atoms with Crippen molar-refractivity contribution in [2.75, 3.05) is 6.61 Å². The van der Waals surface area contributed by atoms with Crippen LogP contribution in [0.25, 0.3) is 0 Å². The number of Topliss-reactive ketones (excluding diaryl/α,β-unsaturated/α-hetero) is 1. The van der Waals surface area contributed by atoms with Crippen LogP contribution < -0.4 is 0 Å². The molecule has 0 heterocycles. The third kappa shape index (κ3) is 1.60. The van der Waals surface area contributed by atoms with Crippen LogP contribution in [0.2, 0.25) is 0 Å². The van der Waals surface area contributed by atoms with E-state index in [-0.39, 0.29) is 5.78 Å². The maximum Gasteiger partial charge on any atom is 0.166 e. The third-order valence-electron chi connectivity index (χ3n) is 2.37. The molecular weight excluding hydrogens is 144 g/mol.